The van der Waals surface area contributed by atoms with E-state index >= 15 is 0 Å². The highest BCUT2D eigenvalue weighted by molar-refractivity contribution is 9.10. The van der Waals surface area contributed by atoms with Crippen molar-refractivity contribution in [3.05, 3.63) is 316 Å². The molecule has 4 nitrogen and oxygen atoms in total. The maximum Gasteiger partial charge on any atom is 0.495 e. The van der Waals surface area contributed by atoms with Crippen molar-refractivity contribution in [1.29, 1.82) is 0 Å². The van der Waals surface area contributed by atoms with Crippen molar-refractivity contribution in [3.63, 3.8) is 0 Å². The first kappa shape index (κ1) is 61.8. The van der Waals surface area contributed by atoms with Gasteiger partial charge < -0.3 is 18.1 Å². The van der Waals surface area contributed by atoms with Crippen molar-refractivity contribution in [2.45, 2.75) is 90.3 Å². The summed E-state index contributed by atoms with van der Waals surface area (Å²) < 4.78 is 26.7. The van der Waals surface area contributed by atoms with Gasteiger partial charge in [0.25, 0.3) is 0 Å². The summed E-state index contributed by atoms with van der Waals surface area (Å²) >= 11 is 3.83. The second kappa shape index (κ2) is 23.6. The SMILES string of the molecule is Brc1c2ccccc2c(-c2ccc3c(c2)CC3)c2ccccc12.CC1(C)OB(c2ccc(-c3ccc4c(c3)oc3cc5c(cc34)CC5)c3ccccc23)OC1(C)C.c1ccc2c(-c3c4ccccc4c(-c4ccc5c(c4)CC5)c4ccccc34)ccc(-c3ccc4c(c3)oc3cc5c(cc34)CC5)c2c1. The summed E-state index contributed by atoms with van der Waals surface area (Å²) in [5, 5.41) is 20.1. The molecule has 0 N–H and O–H groups in total. The Balaban J connectivity index is 0.000000107. The fourth-order valence-electron chi connectivity index (χ4n) is 17.6. The molecule has 0 unspecified atom stereocenters. The summed E-state index contributed by atoms with van der Waals surface area (Å²) in [6, 6.07) is 98.4. The van der Waals surface area contributed by atoms with Crippen LogP contribution in [-0.4, -0.2) is 18.3 Å². The molecule has 0 bridgehead atoms. The third-order valence-corrected chi connectivity index (χ3v) is 25.2. The van der Waals surface area contributed by atoms with Crippen molar-refractivity contribution in [2.75, 3.05) is 0 Å². The molecule has 0 spiro atoms. The molecule has 0 amide bonds. The zero-order valence-corrected chi connectivity index (χ0v) is 60.2. The van der Waals surface area contributed by atoms with Gasteiger partial charge in [-0.15, -0.1) is 0 Å². The molecule has 498 valence electrons. The molecule has 23 rings (SSSR count). The molecule has 16 aromatic carbocycles. The van der Waals surface area contributed by atoms with Gasteiger partial charge in [0.05, 0.1) is 11.2 Å². The van der Waals surface area contributed by atoms with Gasteiger partial charge in [0, 0.05) is 26.0 Å². The smallest absolute Gasteiger partial charge is 0.456 e. The van der Waals surface area contributed by atoms with Gasteiger partial charge >= 0.3 is 7.12 Å². The Hall–Kier alpha value is -10.9. The minimum Gasteiger partial charge on any atom is -0.456 e. The zero-order valence-electron chi connectivity index (χ0n) is 58.6. The lowest BCUT2D eigenvalue weighted by atomic mass is 9.75. The molecule has 1 saturated heterocycles. The van der Waals surface area contributed by atoms with Gasteiger partial charge in [0.2, 0.25) is 0 Å². The van der Waals surface area contributed by atoms with Crippen LogP contribution in [0.25, 0.3) is 164 Å². The minimum absolute atomic E-state index is 0.370. The molecule has 104 heavy (non-hydrogen) atoms. The van der Waals surface area contributed by atoms with E-state index in [1.165, 1.54) is 218 Å². The standard InChI is InChI=1S/C46H30O.C30H27BO3.C22H15Br/c1-2-8-35-34(7-1)33(31-19-20-36-42-24-29-16-17-30(29)25-44(42)47-43(36)26-31)21-22-41(35)46-39-11-5-3-9-37(39)45(38-10-4-6-12-40(38)46)32-18-14-27-13-15-28(27)23-32;1-29(2)30(3,4)34-31(33-29)26-14-13-21(22-7-5-6-8-23(22)26)20-11-12-24-25-15-18-9-10-19(18)16-28(25)32-27(24)17-20;23-22-19-7-3-1-5-17(19)21(18-6-2-4-8-20(18)22)16-12-10-14-9-11-15(14)13-16/h1-12,14,18-26H,13,15-17H2;5-8,11-17H,9-10H2,1-4H3;1-8,10,12-13H,9,11H2. The predicted octanol–water partition coefficient (Wildman–Crippen LogP) is 25.6. The largest absolute Gasteiger partial charge is 0.495 e. The van der Waals surface area contributed by atoms with Gasteiger partial charge in [0.15, 0.2) is 0 Å². The number of aryl methyl sites for hydroxylation is 8. The van der Waals surface area contributed by atoms with Gasteiger partial charge in [-0.2, -0.15) is 0 Å². The molecular weight excluding hydrogens is 1330 g/mol. The Labute approximate surface area is 612 Å². The highest BCUT2D eigenvalue weighted by Crippen LogP contribution is 2.50. The fourth-order valence-corrected chi connectivity index (χ4v) is 18.3. The second-order valence-corrected chi connectivity index (χ2v) is 31.3. The first-order valence-corrected chi connectivity index (χ1v) is 37.8. The van der Waals surface area contributed by atoms with E-state index in [9.17, 15) is 0 Å². The third-order valence-electron chi connectivity index (χ3n) is 24.3. The summed E-state index contributed by atoms with van der Waals surface area (Å²) in [5.41, 5.74) is 28.7. The van der Waals surface area contributed by atoms with Crippen LogP contribution in [0, 0.1) is 0 Å². The van der Waals surface area contributed by atoms with Crippen molar-refractivity contribution >= 4 is 137 Å². The fraction of sp³-hybridized carbons (Fsp3) is 0.143. The molecular formula is C98H72BBrO4. The number of fused-ring (bicyclic) bond motifs is 16. The van der Waals surface area contributed by atoms with E-state index in [2.05, 4.69) is 311 Å². The van der Waals surface area contributed by atoms with Crippen LogP contribution in [0.3, 0.4) is 0 Å². The summed E-state index contributed by atoms with van der Waals surface area (Å²) in [6.07, 6.45) is 9.51. The Morgan fingerprint density at radius 2 is 0.567 bits per heavy atom. The van der Waals surface area contributed by atoms with Gasteiger partial charge in [-0.3, -0.25) is 0 Å². The zero-order chi connectivity index (χ0) is 69.3. The molecule has 0 saturated carbocycles. The number of furan rings is 2. The Morgan fingerprint density at radius 1 is 0.250 bits per heavy atom. The lowest BCUT2D eigenvalue weighted by molar-refractivity contribution is 0.00578. The third kappa shape index (κ3) is 9.71. The minimum atomic E-state index is -0.389. The first-order chi connectivity index (χ1) is 50.9. The van der Waals surface area contributed by atoms with E-state index in [1.807, 2.05) is 0 Å². The lowest BCUT2D eigenvalue weighted by Crippen LogP contribution is -2.41. The monoisotopic (exact) mass is 1400 g/mol. The molecule has 5 aliphatic rings. The summed E-state index contributed by atoms with van der Waals surface area (Å²) in [6.45, 7) is 8.39. The van der Waals surface area contributed by atoms with Crippen molar-refractivity contribution < 1.29 is 18.1 Å². The van der Waals surface area contributed by atoms with Crippen molar-refractivity contribution in [1.82, 2.24) is 0 Å². The highest BCUT2D eigenvalue weighted by Gasteiger charge is 2.52. The van der Waals surface area contributed by atoms with Gasteiger partial charge in [0.1, 0.15) is 22.3 Å². The Morgan fingerprint density at radius 3 is 0.990 bits per heavy atom. The molecule has 6 heteroatoms. The van der Waals surface area contributed by atoms with E-state index < -0.39 is 0 Å². The molecule has 4 aliphatic carbocycles. The highest BCUT2D eigenvalue weighted by atomic mass is 79.9. The first-order valence-electron chi connectivity index (χ1n) is 37.0. The lowest BCUT2D eigenvalue weighted by Gasteiger charge is -2.32. The molecule has 1 aliphatic heterocycles. The van der Waals surface area contributed by atoms with Crippen LogP contribution >= 0.6 is 15.9 Å². The van der Waals surface area contributed by atoms with Crippen molar-refractivity contribution in [3.8, 4) is 55.6 Å². The maximum atomic E-state index is 6.45. The van der Waals surface area contributed by atoms with E-state index in [0.29, 0.717) is 0 Å². The second-order valence-electron chi connectivity index (χ2n) is 30.5. The van der Waals surface area contributed by atoms with E-state index in [-0.39, 0.29) is 18.3 Å². The van der Waals surface area contributed by atoms with Crippen molar-refractivity contribution in [2.24, 2.45) is 0 Å². The normalized spacial score (nSPS) is 15.1. The van der Waals surface area contributed by atoms with Gasteiger partial charge in [-0.05, 0) is 314 Å². The number of halogens is 1. The van der Waals surface area contributed by atoms with Crippen LogP contribution in [0.1, 0.15) is 72.2 Å². The number of rotatable bonds is 6. The van der Waals surface area contributed by atoms with Gasteiger partial charge in [-0.25, -0.2) is 0 Å². The summed E-state index contributed by atoms with van der Waals surface area (Å²) in [5.74, 6) is 0. The molecule has 1 fully saturated rings. The Kier molecular flexibility index (Phi) is 14.0. The Bertz CT molecular complexity index is 6590. The quantitative estimate of drug-likeness (QED) is 0.123. The van der Waals surface area contributed by atoms with Crippen LogP contribution in [0.4, 0.5) is 0 Å². The number of benzene rings is 16. The van der Waals surface area contributed by atoms with Crippen LogP contribution in [0.5, 0.6) is 0 Å². The van der Waals surface area contributed by atoms with E-state index in [1.54, 1.807) is 0 Å². The number of hydrogen-bond acceptors (Lipinski definition) is 4. The average Bonchev–Trinajstić information content (AvgIpc) is 1.27. The summed E-state index contributed by atoms with van der Waals surface area (Å²) in [7, 11) is -0.389. The molecule has 2 aromatic heterocycles. The van der Waals surface area contributed by atoms with Crippen LogP contribution in [0.15, 0.2) is 280 Å². The van der Waals surface area contributed by atoms with Crippen LogP contribution in [-0.2, 0) is 60.7 Å². The van der Waals surface area contributed by atoms with Gasteiger partial charge in [-0.1, -0.05) is 218 Å². The molecule has 18 aromatic rings. The molecule has 0 atom stereocenters. The topological polar surface area (TPSA) is 44.7 Å². The van der Waals surface area contributed by atoms with E-state index in [0.717, 1.165) is 51.6 Å². The summed E-state index contributed by atoms with van der Waals surface area (Å²) in [4.78, 5) is 0. The maximum absolute atomic E-state index is 6.45. The number of hydrogen-bond donors (Lipinski definition) is 0. The van der Waals surface area contributed by atoms with Crippen LogP contribution < -0.4 is 5.46 Å². The van der Waals surface area contributed by atoms with Crippen LogP contribution in [0.2, 0.25) is 0 Å². The predicted molar refractivity (Wildman–Crippen MR) is 439 cm³/mol. The molecule has 3 heterocycles. The molecule has 0 radical (unpaired) electrons. The van der Waals surface area contributed by atoms with E-state index in [4.69, 9.17) is 18.1 Å². The average molecular weight is 1400 g/mol.